The zero-order chi connectivity index (χ0) is 25.4. The summed E-state index contributed by atoms with van der Waals surface area (Å²) in [6.07, 6.45) is 2.58. The first-order chi connectivity index (χ1) is 17.3. The van der Waals surface area contributed by atoms with E-state index in [9.17, 15) is 18.8 Å². The SMILES string of the molecule is Cc1cc(Oc2ccc(NC(=O)c3c[nH]c(=O)n(-c4ccccc4C)c3=O)cc2F)n2nccc2n1. The third kappa shape index (κ3) is 4.13. The minimum atomic E-state index is -0.810. The fourth-order valence-corrected chi connectivity index (χ4v) is 3.72. The van der Waals surface area contributed by atoms with Crippen molar-refractivity contribution in [3.05, 3.63) is 110 Å². The van der Waals surface area contributed by atoms with Crippen molar-refractivity contribution in [2.24, 2.45) is 0 Å². The van der Waals surface area contributed by atoms with Gasteiger partial charge in [-0.1, -0.05) is 18.2 Å². The number of amides is 1. The molecule has 0 aliphatic heterocycles. The van der Waals surface area contributed by atoms with Gasteiger partial charge in [-0.15, -0.1) is 0 Å². The van der Waals surface area contributed by atoms with E-state index in [4.69, 9.17) is 4.74 Å². The Morgan fingerprint density at radius 1 is 1.08 bits per heavy atom. The number of benzene rings is 2. The maximum Gasteiger partial charge on any atom is 0.333 e. The Balaban J connectivity index is 1.41. The van der Waals surface area contributed by atoms with E-state index in [1.165, 1.54) is 16.6 Å². The van der Waals surface area contributed by atoms with Gasteiger partial charge in [-0.05, 0) is 37.6 Å². The van der Waals surface area contributed by atoms with Crippen LogP contribution in [0.4, 0.5) is 10.1 Å². The number of H-pyrrole nitrogens is 1. The topological polar surface area (TPSA) is 123 Å². The van der Waals surface area contributed by atoms with Gasteiger partial charge < -0.3 is 15.0 Å². The summed E-state index contributed by atoms with van der Waals surface area (Å²) in [4.78, 5) is 44.9. The summed E-state index contributed by atoms with van der Waals surface area (Å²) >= 11 is 0. The van der Waals surface area contributed by atoms with Crippen molar-refractivity contribution < 1.29 is 13.9 Å². The summed E-state index contributed by atoms with van der Waals surface area (Å²) in [7, 11) is 0. The lowest BCUT2D eigenvalue weighted by molar-refractivity contribution is 0.102. The van der Waals surface area contributed by atoms with Gasteiger partial charge in [0.1, 0.15) is 5.56 Å². The van der Waals surface area contributed by atoms with Gasteiger partial charge in [0.05, 0.1) is 11.9 Å². The molecule has 1 amide bonds. The Morgan fingerprint density at radius 3 is 2.67 bits per heavy atom. The molecule has 0 spiro atoms. The number of aryl methyl sites for hydroxylation is 2. The molecule has 180 valence electrons. The van der Waals surface area contributed by atoms with Gasteiger partial charge in [0.2, 0.25) is 5.88 Å². The minimum Gasteiger partial charge on any atom is -0.436 e. The van der Waals surface area contributed by atoms with Crippen LogP contribution in [0.15, 0.2) is 76.6 Å². The number of carbonyl (C=O) groups is 1. The van der Waals surface area contributed by atoms with Crippen LogP contribution in [0.5, 0.6) is 11.6 Å². The van der Waals surface area contributed by atoms with Crippen LogP contribution in [0.3, 0.4) is 0 Å². The molecule has 0 bridgehead atoms. The molecule has 0 aliphatic rings. The van der Waals surface area contributed by atoms with Crippen LogP contribution in [0.2, 0.25) is 0 Å². The molecule has 0 saturated heterocycles. The maximum atomic E-state index is 14.8. The molecule has 0 aliphatic carbocycles. The van der Waals surface area contributed by atoms with Crippen LogP contribution in [0.1, 0.15) is 21.6 Å². The van der Waals surface area contributed by atoms with Crippen LogP contribution in [0, 0.1) is 19.7 Å². The number of rotatable bonds is 5. The van der Waals surface area contributed by atoms with Gasteiger partial charge in [0, 0.05) is 35.8 Å². The van der Waals surface area contributed by atoms with Crippen LogP contribution >= 0.6 is 0 Å². The fourth-order valence-electron chi connectivity index (χ4n) is 3.72. The molecular formula is C25H19FN6O4. The predicted molar refractivity (Wildman–Crippen MR) is 130 cm³/mol. The van der Waals surface area contributed by atoms with Gasteiger partial charge in [-0.25, -0.2) is 18.7 Å². The monoisotopic (exact) mass is 486 g/mol. The molecular weight excluding hydrogens is 467 g/mol. The lowest BCUT2D eigenvalue weighted by atomic mass is 10.2. The Morgan fingerprint density at radius 2 is 1.89 bits per heavy atom. The van der Waals surface area contributed by atoms with E-state index in [0.29, 0.717) is 22.6 Å². The lowest BCUT2D eigenvalue weighted by Crippen LogP contribution is -2.38. The molecule has 0 unspecified atom stereocenters. The third-order valence-electron chi connectivity index (χ3n) is 5.44. The molecule has 0 fully saturated rings. The highest BCUT2D eigenvalue weighted by molar-refractivity contribution is 6.03. The van der Waals surface area contributed by atoms with E-state index in [-0.39, 0.29) is 22.9 Å². The van der Waals surface area contributed by atoms with Gasteiger partial charge in [-0.3, -0.25) is 9.59 Å². The van der Waals surface area contributed by atoms with Crippen molar-refractivity contribution in [2.45, 2.75) is 13.8 Å². The van der Waals surface area contributed by atoms with E-state index in [0.717, 1.165) is 16.8 Å². The molecule has 10 nitrogen and oxygen atoms in total. The summed E-state index contributed by atoms with van der Waals surface area (Å²) in [5.74, 6) is -1.39. The summed E-state index contributed by atoms with van der Waals surface area (Å²) in [6, 6.07) is 13.9. The Hall–Kier alpha value is -5.06. The number of nitrogens with zero attached hydrogens (tertiary/aromatic N) is 4. The zero-order valence-corrected chi connectivity index (χ0v) is 19.2. The number of carbonyl (C=O) groups excluding carboxylic acids is 1. The lowest BCUT2D eigenvalue weighted by Gasteiger charge is -2.12. The van der Waals surface area contributed by atoms with Crippen LogP contribution in [0.25, 0.3) is 11.3 Å². The molecule has 0 atom stereocenters. The second-order valence-electron chi connectivity index (χ2n) is 7.97. The summed E-state index contributed by atoms with van der Waals surface area (Å²) in [5, 5.41) is 6.60. The smallest absolute Gasteiger partial charge is 0.333 e. The van der Waals surface area contributed by atoms with Gasteiger partial charge >= 0.3 is 5.69 Å². The normalized spacial score (nSPS) is 11.0. The molecule has 3 aromatic heterocycles. The molecule has 11 heteroatoms. The molecule has 0 saturated carbocycles. The standard InChI is InChI=1S/C25H19FN6O4/c1-14-5-3-4-6-19(14)31-24(34)17(13-27-25(31)35)23(33)30-16-7-8-20(18(26)12-16)36-22-11-15(2)29-21-9-10-28-32(21)22/h3-13H,1-2H3,(H,27,35)(H,30,33). The van der Waals surface area contributed by atoms with Crippen molar-refractivity contribution in [1.82, 2.24) is 24.1 Å². The zero-order valence-electron chi connectivity index (χ0n) is 19.2. The van der Waals surface area contributed by atoms with Crippen molar-refractivity contribution in [3.8, 4) is 17.3 Å². The number of hydrogen-bond acceptors (Lipinski definition) is 6. The van der Waals surface area contributed by atoms with Crippen LogP contribution in [-0.4, -0.2) is 30.1 Å². The minimum absolute atomic E-state index is 0.0908. The molecule has 2 N–H and O–H groups in total. The average molecular weight is 486 g/mol. The van der Waals surface area contributed by atoms with E-state index in [2.05, 4.69) is 20.4 Å². The Bertz CT molecular complexity index is 1750. The number of anilines is 1. The molecule has 5 rings (SSSR count). The first-order valence-corrected chi connectivity index (χ1v) is 10.8. The maximum absolute atomic E-state index is 14.8. The van der Waals surface area contributed by atoms with Crippen LogP contribution in [-0.2, 0) is 0 Å². The number of nitrogens with one attached hydrogen (secondary N) is 2. The van der Waals surface area contributed by atoms with Gasteiger partial charge in [-0.2, -0.15) is 9.61 Å². The average Bonchev–Trinajstić information content (AvgIpc) is 3.30. The molecule has 0 radical (unpaired) electrons. The second kappa shape index (κ2) is 8.95. The molecule has 5 aromatic rings. The highest BCUT2D eigenvalue weighted by Gasteiger charge is 2.18. The number of aromatic nitrogens is 5. The molecule has 36 heavy (non-hydrogen) atoms. The summed E-state index contributed by atoms with van der Waals surface area (Å²) < 4.78 is 22.8. The van der Waals surface area contributed by atoms with E-state index in [1.807, 2.05) is 0 Å². The predicted octanol–water partition coefficient (Wildman–Crippen LogP) is 3.37. The first-order valence-electron chi connectivity index (χ1n) is 10.8. The number of aromatic amines is 1. The number of para-hydroxylation sites is 1. The fraction of sp³-hybridized carbons (Fsp3) is 0.0800. The van der Waals surface area contributed by atoms with Crippen molar-refractivity contribution in [1.29, 1.82) is 0 Å². The first kappa shape index (κ1) is 22.7. The van der Waals surface area contributed by atoms with E-state index < -0.39 is 23.0 Å². The number of fused-ring (bicyclic) bond motifs is 1. The number of ether oxygens (including phenoxy) is 1. The Labute approximate surface area is 202 Å². The third-order valence-corrected chi connectivity index (χ3v) is 5.44. The number of halogens is 1. The highest BCUT2D eigenvalue weighted by Crippen LogP contribution is 2.27. The summed E-state index contributed by atoms with van der Waals surface area (Å²) in [6.45, 7) is 3.52. The van der Waals surface area contributed by atoms with Crippen LogP contribution < -0.4 is 21.3 Å². The van der Waals surface area contributed by atoms with Crippen molar-refractivity contribution >= 4 is 17.2 Å². The van der Waals surface area contributed by atoms with E-state index >= 15 is 0 Å². The summed E-state index contributed by atoms with van der Waals surface area (Å²) in [5.41, 5.74) is 0.532. The highest BCUT2D eigenvalue weighted by atomic mass is 19.1. The number of hydrogen-bond donors (Lipinski definition) is 2. The van der Waals surface area contributed by atoms with E-state index in [1.54, 1.807) is 56.4 Å². The van der Waals surface area contributed by atoms with Gasteiger partial charge in [0.25, 0.3) is 11.5 Å². The van der Waals surface area contributed by atoms with Crippen molar-refractivity contribution in [2.75, 3.05) is 5.32 Å². The van der Waals surface area contributed by atoms with Crippen molar-refractivity contribution in [3.63, 3.8) is 0 Å². The van der Waals surface area contributed by atoms with Gasteiger partial charge in [0.15, 0.2) is 17.2 Å². The largest absolute Gasteiger partial charge is 0.436 e. The Kier molecular flexibility index (Phi) is 5.65. The second-order valence-corrected chi connectivity index (χ2v) is 7.97. The quantitative estimate of drug-likeness (QED) is 0.393. The molecule has 3 heterocycles. The molecule has 2 aromatic carbocycles.